The van der Waals surface area contributed by atoms with Crippen molar-refractivity contribution in [3.8, 4) is 0 Å². The van der Waals surface area contributed by atoms with Crippen molar-refractivity contribution >= 4 is 5.71 Å². The van der Waals surface area contributed by atoms with Crippen LogP contribution in [0.15, 0.2) is 23.9 Å². The maximum absolute atomic E-state index is 9.29. The molecule has 3 fully saturated rings. The van der Waals surface area contributed by atoms with Crippen molar-refractivity contribution in [2.45, 2.75) is 39.2 Å². The Morgan fingerprint density at radius 3 is 2.76 bits per heavy atom. The SMILES string of the molecule is CC1(C)C2CC(=NO)C(C)(n3ccnc3)C1C2. The summed E-state index contributed by atoms with van der Waals surface area (Å²) in [6, 6.07) is 0. The Kier molecular flexibility index (Phi) is 1.98. The van der Waals surface area contributed by atoms with E-state index < -0.39 is 0 Å². The molecule has 1 heterocycles. The summed E-state index contributed by atoms with van der Waals surface area (Å²) in [7, 11) is 0. The van der Waals surface area contributed by atoms with E-state index in [4.69, 9.17) is 0 Å². The standard InChI is InChI=1S/C13H19N3O/c1-12(2)9-6-10(12)13(3,11(7-9)15-17)16-5-4-14-8-16/h4-5,8-10,17H,6-7H2,1-3H3. The monoisotopic (exact) mass is 233 g/mol. The summed E-state index contributed by atoms with van der Waals surface area (Å²) in [4.78, 5) is 4.14. The highest BCUT2D eigenvalue weighted by Crippen LogP contribution is 2.63. The molecule has 3 aliphatic carbocycles. The second-order valence-corrected chi connectivity index (χ2v) is 6.17. The summed E-state index contributed by atoms with van der Waals surface area (Å²) in [5, 5.41) is 12.9. The molecule has 3 unspecified atom stereocenters. The first-order valence-electron chi connectivity index (χ1n) is 6.21. The van der Waals surface area contributed by atoms with Crippen LogP contribution in [0.2, 0.25) is 0 Å². The minimum atomic E-state index is -0.219. The molecule has 3 aliphatic rings. The molecule has 2 bridgehead atoms. The fourth-order valence-electron chi connectivity index (χ4n) is 3.96. The van der Waals surface area contributed by atoms with Gasteiger partial charge in [0.05, 0.1) is 17.6 Å². The molecule has 0 aliphatic heterocycles. The number of imidazole rings is 1. The Morgan fingerprint density at radius 2 is 2.24 bits per heavy atom. The third-order valence-corrected chi connectivity index (χ3v) is 5.33. The summed E-state index contributed by atoms with van der Waals surface area (Å²) < 4.78 is 2.10. The van der Waals surface area contributed by atoms with Crippen LogP contribution in [-0.4, -0.2) is 20.5 Å². The van der Waals surface area contributed by atoms with Crippen LogP contribution in [0.3, 0.4) is 0 Å². The number of oxime groups is 1. The van der Waals surface area contributed by atoms with Crippen molar-refractivity contribution in [2.75, 3.05) is 0 Å². The minimum absolute atomic E-state index is 0.219. The average Bonchev–Trinajstić information content (AvgIpc) is 2.82. The molecule has 3 saturated carbocycles. The van der Waals surface area contributed by atoms with E-state index >= 15 is 0 Å². The quantitative estimate of drug-likeness (QED) is 0.598. The van der Waals surface area contributed by atoms with E-state index in [-0.39, 0.29) is 5.54 Å². The highest BCUT2D eigenvalue weighted by Gasteiger charge is 2.63. The van der Waals surface area contributed by atoms with Gasteiger partial charge in [0.1, 0.15) is 0 Å². The van der Waals surface area contributed by atoms with Gasteiger partial charge in [0.15, 0.2) is 0 Å². The molecular weight excluding hydrogens is 214 g/mol. The molecule has 0 amide bonds. The topological polar surface area (TPSA) is 50.4 Å². The molecule has 0 spiro atoms. The largest absolute Gasteiger partial charge is 0.411 e. The first kappa shape index (κ1) is 10.8. The number of hydrogen-bond donors (Lipinski definition) is 1. The van der Waals surface area contributed by atoms with E-state index in [0.29, 0.717) is 17.3 Å². The lowest BCUT2D eigenvalue weighted by molar-refractivity contribution is -0.0870. The number of hydrogen-bond acceptors (Lipinski definition) is 3. The molecule has 1 aromatic rings. The highest BCUT2D eigenvalue weighted by atomic mass is 16.4. The zero-order valence-electron chi connectivity index (χ0n) is 10.6. The second kappa shape index (κ2) is 3.12. The Labute approximate surface area is 101 Å². The number of nitrogens with zero attached hydrogens (tertiary/aromatic N) is 3. The van der Waals surface area contributed by atoms with E-state index in [9.17, 15) is 5.21 Å². The Hall–Kier alpha value is -1.32. The molecule has 4 heteroatoms. The fraction of sp³-hybridized carbons (Fsp3) is 0.692. The van der Waals surface area contributed by atoms with Crippen LogP contribution in [0, 0.1) is 17.3 Å². The van der Waals surface area contributed by atoms with Crippen molar-refractivity contribution in [2.24, 2.45) is 22.4 Å². The van der Waals surface area contributed by atoms with Crippen LogP contribution in [0.25, 0.3) is 0 Å². The van der Waals surface area contributed by atoms with Crippen LogP contribution in [0.5, 0.6) is 0 Å². The molecule has 0 radical (unpaired) electrons. The molecule has 3 atom stereocenters. The van der Waals surface area contributed by atoms with Gasteiger partial charge in [-0.2, -0.15) is 0 Å². The Bertz CT molecular complexity index is 463. The van der Waals surface area contributed by atoms with E-state index in [0.717, 1.165) is 12.1 Å². The van der Waals surface area contributed by atoms with E-state index in [1.807, 2.05) is 12.5 Å². The van der Waals surface area contributed by atoms with Crippen LogP contribution in [0.1, 0.15) is 33.6 Å². The van der Waals surface area contributed by atoms with Crippen molar-refractivity contribution in [3.63, 3.8) is 0 Å². The predicted octanol–water partition coefficient (Wildman–Crippen LogP) is 2.49. The van der Waals surface area contributed by atoms with Crippen molar-refractivity contribution in [1.82, 2.24) is 9.55 Å². The van der Waals surface area contributed by atoms with Crippen molar-refractivity contribution < 1.29 is 5.21 Å². The molecule has 1 aromatic heterocycles. The minimum Gasteiger partial charge on any atom is -0.411 e. The first-order chi connectivity index (χ1) is 8.01. The number of aromatic nitrogens is 2. The molecule has 4 nitrogen and oxygen atoms in total. The smallest absolute Gasteiger partial charge is 0.0954 e. The van der Waals surface area contributed by atoms with Crippen LogP contribution in [0.4, 0.5) is 0 Å². The molecule has 0 aromatic carbocycles. The molecule has 1 N–H and O–H groups in total. The van der Waals surface area contributed by atoms with Crippen molar-refractivity contribution in [3.05, 3.63) is 18.7 Å². The lowest BCUT2D eigenvalue weighted by Crippen LogP contribution is -2.65. The van der Waals surface area contributed by atoms with Gasteiger partial charge in [-0.25, -0.2) is 4.98 Å². The van der Waals surface area contributed by atoms with Gasteiger partial charge in [-0.05, 0) is 37.0 Å². The van der Waals surface area contributed by atoms with Crippen LogP contribution >= 0.6 is 0 Å². The van der Waals surface area contributed by atoms with Crippen LogP contribution < -0.4 is 0 Å². The summed E-state index contributed by atoms with van der Waals surface area (Å²) in [6.45, 7) is 6.83. The summed E-state index contributed by atoms with van der Waals surface area (Å²) in [6.07, 6.45) is 7.72. The molecule has 4 rings (SSSR count). The maximum Gasteiger partial charge on any atom is 0.0954 e. The molecular formula is C13H19N3O. The van der Waals surface area contributed by atoms with Gasteiger partial charge in [0.25, 0.3) is 0 Å². The van der Waals surface area contributed by atoms with Gasteiger partial charge in [-0.15, -0.1) is 0 Å². The fourth-order valence-corrected chi connectivity index (χ4v) is 3.96. The normalized spacial score (nSPS) is 41.2. The van der Waals surface area contributed by atoms with Gasteiger partial charge in [-0.3, -0.25) is 0 Å². The lowest BCUT2D eigenvalue weighted by atomic mass is 9.43. The third-order valence-electron chi connectivity index (χ3n) is 5.33. The predicted molar refractivity (Wildman–Crippen MR) is 65.1 cm³/mol. The number of rotatable bonds is 1. The maximum atomic E-state index is 9.29. The molecule has 92 valence electrons. The van der Waals surface area contributed by atoms with Crippen molar-refractivity contribution in [1.29, 1.82) is 0 Å². The Morgan fingerprint density at radius 1 is 1.47 bits per heavy atom. The van der Waals surface area contributed by atoms with Gasteiger partial charge >= 0.3 is 0 Å². The zero-order valence-corrected chi connectivity index (χ0v) is 10.6. The van der Waals surface area contributed by atoms with Gasteiger partial charge in [0, 0.05) is 12.4 Å². The van der Waals surface area contributed by atoms with E-state index in [2.05, 4.69) is 35.5 Å². The van der Waals surface area contributed by atoms with Gasteiger partial charge < -0.3 is 9.77 Å². The summed E-state index contributed by atoms with van der Waals surface area (Å²) in [5.74, 6) is 1.18. The molecule has 0 saturated heterocycles. The Balaban J connectivity index is 2.11. The zero-order chi connectivity index (χ0) is 12.3. The highest BCUT2D eigenvalue weighted by molar-refractivity contribution is 5.93. The average molecular weight is 233 g/mol. The van der Waals surface area contributed by atoms with Crippen LogP contribution in [-0.2, 0) is 5.54 Å². The molecule has 17 heavy (non-hydrogen) atoms. The summed E-state index contributed by atoms with van der Waals surface area (Å²) >= 11 is 0. The first-order valence-corrected chi connectivity index (χ1v) is 6.21. The van der Waals surface area contributed by atoms with Gasteiger partial charge in [-0.1, -0.05) is 19.0 Å². The lowest BCUT2D eigenvalue weighted by Gasteiger charge is -2.64. The number of fused-ring (bicyclic) bond motifs is 2. The van der Waals surface area contributed by atoms with Gasteiger partial charge in [0.2, 0.25) is 0 Å². The summed E-state index contributed by atoms with van der Waals surface area (Å²) in [5.41, 5.74) is 1.01. The third kappa shape index (κ3) is 1.13. The van der Waals surface area contributed by atoms with E-state index in [1.54, 1.807) is 6.20 Å². The second-order valence-electron chi connectivity index (χ2n) is 6.17. The van der Waals surface area contributed by atoms with E-state index in [1.165, 1.54) is 6.42 Å².